The molecule has 2 amide bonds. The predicted octanol–water partition coefficient (Wildman–Crippen LogP) is 1.95. The third kappa shape index (κ3) is 5.17. The van der Waals surface area contributed by atoms with Gasteiger partial charge in [-0.3, -0.25) is 24.6 Å². The number of carboxylic acids is 1. The van der Waals surface area contributed by atoms with E-state index in [9.17, 15) is 34.4 Å². The first-order valence-corrected chi connectivity index (χ1v) is 12.0. The van der Waals surface area contributed by atoms with Crippen molar-refractivity contribution in [3.8, 4) is 0 Å². The third-order valence-electron chi connectivity index (χ3n) is 5.76. The van der Waals surface area contributed by atoms with Crippen LogP contribution in [0.5, 0.6) is 0 Å². The lowest BCUT2D eigenvalue weighted by molar-refractivity contribution is -0.384. The zero-order chi connectivity index (χ0) is 26.7. The fraction of sp³-hybridized carbons (Fsp3) is 0.250. The number of carbonyl (C=O) groups excluding carboxylic acids is 3. The van der Waals surface area contributed by atoms with Crippen LogP contribution in [0.3, 0.4) is 0 Å². The summed E-state index contributed by atoms with van der Waals surface area (Å²) in [6.07, 6.45) is 0. The normalized spacial score (nSPS) is 18.5. The van der Waals surface area contributed by atoms with Crippen LogP contribution in [0.15, 0.2) is 59.8 Å². The molecular weight excluding hydrogens is 506 g/mol. The number of methoxy groups -OCH3 is 1. The average molecular weight is 528 g/mol. The van der Waals surface area contributed by atoms with Crippen LogP contribution in [0.4, 0.5) is 5.69 Å². The molecule has 37 heavy (non-hydrogen) atoms. The topological polar surface area (TPSA) is 165 Å². The number of benzene rings is 2. The van der Waals surface area contributed by atoms with E-state index >= 15 is 0 Å². The van der Waals surface area contributed by atoms with E-state index in [-0.39, 0.29) is 35.7 Å². The number of carbonyl (C=O) groups is 4. The fourth-order valence-corrected chi connectivity index (χ4v) is 5.30. The monoisotopic (exact) mass is 527 g/mol. The van der Waals surface area contributed by atoms with E-state index in [1.54, 1.807) is 0 Å². The second-order valence-electron chi connectivity index (χ2n) is 8.10. The van der Waals surface area contributed by atoms with Crippen LogP contribution in [-0.4, -0.2) is 69.6 Å². The first-order valence-electron chi connectivity index (χ1n) is 10.9. The lowest BCUT2D eigenvalue weighted by atomic mass is 10.0. The Kier molecular flexibility index (Phi) is 7.55. The number of esters is 1. The molecule has 2 heterocycles. The Morgan fingerprint density at radius 2 is 1.81 bits per heavy atom. The first-order chi connectivity index (χ1) is 17.7. The lowest BCUT2D eigenvalue weighted by Gasteiger charge is -2.49. The predicted molar refractivity (Wildman–Crippen MR) is 130 cm³/mol. The summed E-state index contributed by atoms with van der Waals surface area (Å²) in [5.74, 6) is -2.98. The summed E-state index contributed by atoms with van der Waals surface area (Å²) in [5.41, 5.74) is 0.697. The Hall–Kier alpha value is -4.23. The molecule has 2 aliphatic rings. The lowest BCUT2D eigenvalue weighted by Crippen LogP contribution is -2.70. The summed E-state index contributed by atoms with van der Waals surface area (Å²) in [6, 6.07) is 10.2. The number of hydrogen-bond donors (Lipinski definition) is 2. The molecule has 192 valence electrons. The molecular formula is C24H21N3O9S. The van der Waals surface area contributed by atoms with E-state index in [4.69, 9.17) is 9.47 Å². The van der Waals surface area contributed by atoms with Crippen LogP contribution < -0.4 is 5.32 Å². The second-order valence-corrected chi connectivity index (χ2v) is 9.20. The number of nitro groups is 1. The molecule has 2 N–H and O–H groups in total. The molecule has 1 fully saturated rings. The van der Waals surface area contributed by atoms with E-state index < -0.39 is 40.1 Å². The van der Waals surface area contributed by atoms with Crippen LogP contribution in [0.2, 0.25) is 0 Å². The van der Waals surface area contributed by atoms with Crippen molar-refractivity contribution in [2.45, 2.75) is 18.0 Å². The average Bonchev–Trinajstić information content (AvgIpc) is 2.90. The molecule has 2 atom stereocenters. The van der Waals surface area contributed by atoms with E-state index in [0.29, 0.717) is 16.9 Å². The minimum absolute atomic E-state index is 0.0222. The van der Waals surface area contributed by atoms with Gasteiger partial charge in [0.15, 0.2) is 0 Å². The smallest absolute Gasteiger partial charge is 0.355 e. The van der Waals surface area contributed by atoms with Crippen molar-refractivity contribution in [3.05, 3.63) is 86.6 Å². The molecule has 4 rings (SSSR count). The Balaban J connectivity index is 1.49. The SMILES string of the molecule is COCC1=C(C(=O)OCc2ccc([N+](=O)[O-])cc2)N2C(=O)C(NC(=O)c3ccccc3C(=O)O)[C@@H]2SC1. The van der Waals surface area contributed by atoms with Gasteiger partial charge in [-0.05, 0) is 35.4 Å². The number of carboxylic acid groups (broad SMARTS) is 1. The Morgan fingerprint density at radius 1 is 1.14 bits per heavy atom. The number of aromatic carboxylic acids is 1. The summed E-state index contributed by atoms with van der Waals surface area (Å²) < 4.78 is 10.6. The molecule has 13 heteroatoms. The van der Waals surface area contributed by atoms with Gasteiger partial charge < -0.3 is 19.9 Å². The molecule has 1 unspecified atom stereocenters. The van der Waals surface area contributed by atoms with Crippen molar-refractivity contribution in [2.24, 2.45) is 0 Å². The number of amides is 2. The van der Waals surface area contributed by atoms with Crippen molar-refractivity contribution in [1.82, 2.24) is 10.2 Å². The summed E-state index contributed by atoms with van der Waals surface area (Å²) in [7, 11) is 1.45. The van der Waals surface area contributed by atoms with Crippen molar-refractivity contribution in [3.63, 3.8) is 0 Å². The van der Waals surface area contributed by atoms with E-state index in [2.05, 4.69) is 5.32 Å². The Labute approximate surface area is 214 Å². The highest BCUT2D eigenvalue weighted by Crippen LogP contribution is 2.41. The number of β-lactam (4-membered cyclic amide) rings is 1. The number of fused-ring (bicyclic) bond motifs is 1. The summed E-state index contributed by atoms with van der Waals surface area (Å²) in [5, 5.41) is 22.1. The molecule has 0 saturated carbocycles. The van der Waals surface area contributed by atoms with Crippen molar-refractivity contribution < 1.29 is 38.7 Å². The van der Waals surface area contributed by atoms with E-state index in [0.717, 1.165) is 0 Å². The van der Waals surface area contributed by atoms with Gasteiger partial charge in [0.05, 0.1) is 22.7 Å². The molecule has 2 aliphatic heterocycles. The first kappa shape index (κ1) is 25.9. The minimum atomic E-state index is -1.27. The molecule has 0 spiro atoms. The number of nitrogens with zero attached hydrogens (tertiary/aromatic N) is 2. The van der Waals surface area contributed by atoms with Crippen LogP contribution in [0, 0.1) is 10.1 Å². The molecule has 0 bridgehead atoms. The molecule has 1 saturated heterocycles. The highest BCUT2D eigenvalue weighted by Gasteiger charge is 2.54. The number of nitrogens with one attached hydrogen (secondary N) is 1. The molecule has 0 aromatic heterocycles. The quantitative estimate of drug-likeness (QED) is 0.213. The van der Waals surface area contributed by atoms with Gasteiger partial charge >= 0.3 is 11.9 Å². The van der Waals surface area contributed by atoms with Gasteiger partial charge in [0.25, 0.3) is 17.5 Å². The fourth-order valence-electron chi connectivity index (χ4n) is 3.97. The Bertz CT molecular complexity index is 1310. The number of non-ortho nitro benzene ring substituents is 1. The number of rotatable bonds is 9. The summed E-state index contributed by atoms with van der Waals surface area (Å²) in [6.45, 7) is -0.0962. The van der Waals surface area contributed by atoms with E-state index in [1.807, 2.05) is 0 Å². The number of ether oxygens (including phenoxy) is 2. The standard InChI is InChI=1S/C24H21N3O9S/c1-35-11-14-12-37-22-18(25-20(28)16-4-2-3-5-17(16)23(30)31)21(29)26(22)19(14)24(32)36-10-13-6-8-15(9-7-13)27(33)34/h2-9,18,22H,10-12H2,1H3,(H,25,28)(H,30,31)/t18?,22-/m0/s1. The maximum absolute atomic E-state index is 13.1. The summed E-state index contributed by atoms with van der Waals surface area (Å²) >= 11 is 1.33. The highest BCUT2D eigenvalue weighted by molar-refractivity contribution is 8.00. The van der Waals surface area contributed by atoms with Gasteiger partial charge in [0, 0.05) is 25.0 Å². The highest BCUT2D eigenvalue weighted by atomic mass is 32.2. The molecule has 0 radical (unpaired) electrons. The zero-order valence-corrected chi connectivity index (χ0v) is 20.2. The van der Waals surface area contributed by atoms with Gasteiger partial charge in [-0.1, -0.05) is 12.1 Å². The van der Waals surface area contributed by atoms with Crippen molar-refractivity contribution in [2.75, 3.05) is 19.5 Å². The molecule has 2 aromatic carbocycles. The van der Waals surface area contributed by atoms with Crippen LogP contribution >= 0.6 is 11.8 Å². The van der Waals surface area contributed by atoms with Gasteiger partial charge in [-0.2, -0.15) is 0 Å². The van der Waals surface area contributed by atoms with Crippen molar-refractivity contribution in [1.29, 1.82) is 0 Å². The van der Waals surface area contributed by atoms with Crippen molar-refractivity contribution >= 4 is 41.2 Å². The van der Waals surface area contributed by atoms with Gasteiger partial charge in [0.2, 0.25) is 0 Å². The largest absolute Gasteiger partial charge is 0.478 e. The van der Waals surface area contributed by atoms with Gasteiger partial charge in [-0.15, -0.1) is 11.8 Å². The minimum Gasteiger partial charge on any atom is -0.478 e. The Morgan fingerprint density at radius 3 is 2.43 bits per heavy atom. The third-order valence-corrected chi connectivity index (χ3v) is 7.10. The van der Waals surface area contributed by atoms with Crippen LogP contribution in [-0.2, 0) is 25.7 Å². The molecule has 12 nitrogen and oxygen atoms in total. The molecule has 0 aliphatic carbocycles. The van der Waals surface area contributed by atoms with Gasteiger partial charge in [0.1, 0.15) is 23.7 Å². The van der Waals surface area contributed by atoms with E-state index in [1.165, 1.54) is 72.3 Å². The number of thioether (sulfide) groups is 1. The molecule has 2 aromatic rings. The number of nitro benzene ring substituents is 1. The summed E-state index contributed by atoms with van der Waals surface area (Å²) in [4.78, 5) is 61.9. The second kappa shape index (κ2) is 10.8. The zero-order valence-electron chi connectivity index (χ0n) is 19.4. The number of hydrogen-bond acceptors (Lipinski definition) is 9. The van der Waals surface area contributed by atoms with Gasteiger partial charge in [-0.25, -0.2) is 9.59 Å². The van der Waals surface area contributed by atoms with Crippen LogP contribution in [0.1, 0.15) is 26.3 Å². The maximum atomic E-state index is 13.1. The van der Waals surface area contributed by atoms with Crippen LogP contribution in [0.25, 0.3) is 0 Å². The maximum Gasteiger partial charge on any atom is 0.355 e.